The van der Waals surface area contributed by atoms with Crippen LogP contribution in [0.1, 0.15) is 11.1 Å². The maximum atomic E-state index is 11.2. The number of amides is 1. The van der Waals surface area contributed by atoms with Crippen molar-refractivity contribution in [1.29, 1.82) is 0 Å². The normalized spacial score (nSPS) is 19.6. The van der Waals surface area contributed by atoms with Gasteiger partial charge in [-0.15, -0.1) is 0 Å². The second-order valence-electron chi connectivity index (χ2n) is 4.53. The molecule has 0 radical (unpaired) electrons. The Morgan fingerprint density at radius 2 is 2.11 bits per heavy atom. The molecule has 0 fully saturated rings. The number of nitrogens with zero attached hydrogens (tertiary/aromatic N) is 2. The second kappa shape index (κ2) is 5.23. The molecule has 2 N–H and O–H groups in total. The predicted octanol–water partition coefficient (Wildman–Crippen LogP) is 0.729. The first kappa shape index (κ1) is 13.3. The van der Waals surface area contributed by atoms with E-state index in [1.54, 1.807) is 0 Å². The highest BCUT2D eigenvalue weighted by Gasteiger charge is 2.36. The molecule has 1 heterocycles. The lowest BCUT2D eigenvalue weighted by molar-refractivity contribution is -0.491. The summed E-state index contributed by atoms with van der Waals surface area (Å²) in [6.45, 7) is -0.512. The van der Waals surface area contributed by atoms with Gasteiger partial charge in [-0.1, -0.05) is 24.3 Å². The van der Waals surface area contributed by atoms with Crippen molar-refractivity contribution in [2.24, 2.45) is 0 Å². The number of nitro groups is 1. The van der Waals surface area contributed by atoms with Gasteiger partial charge in [0.15, 0.2) is 0 Å². The Balaban J connectivity index is 2.26. The number of aliphatic hydroxyl groups excluding tert-OH is 1. The Hall–Kier alpha value is -2.15. The summed E-state index contributed by atoms with van der Waals surface area (Å²) < 4.78 is 0. The number of hydrogen-bond donors (Lipinski definition) is 2. The summed E-state index contributed by atoms with van der Waals surface area (Å²) in [5, 5.41) is 29.5. The van der Waals surface area contributed by atoms with Crippen molar-refractivity contribution in [3.05, 3.63) is 45.5 Å². The van der Waals surface area contributed by atoms with Gasteiger partial charge < -0.3 is 10.2 Å². The fourth-order valence-corrected chi connectivity index (χ4v) is 2.37. The van der Waals surface area contributed by atoms with E-state index >= 15 is 0 Å². The lowest BCUT2D eigenvalue weighted by Gasteiger charge is -2.36. The molecule has 0 spiro atoms. The van der Waals surface area contributed by atoms with Gasteiger partial charge in [0.2, 0.25) is 6.54 Å². The minimum atomic E-state index is -1.31. The van der Waals surface area contributed by atoms with Gasteiger partial charge >= 0.3 is 6.09 Å². The summed E-state index contributed by atoms with van der Waals surface area (Å²) in [5.41, 5.74) is 1.79. The van der Waals surface area contributed by atoms with Crippen LogP contribution in [0.3, 0.4) is 0 Å². The minimum Gasteiger partial charge on any atom is -0.465 e. The smallest absolute Gasteiger partial charge is 0.407 e. The zero-order valence-electron chi connectivity index (χ0n) is 10.1. The number of carboxylic acid groups (broad SMARTS) is 1. The maximum Gasteiger partial charge on any atom is 0.407 e. The number of hydrogen-bond acceptors (Lipinski definition) is 4. The lowest BCUT2D eigenvalue weighted by atomic mass is 9.91. The molecular weight excluding hydrogens is 252 g/mol. The first-order valence-corrected chi connectivity index (χ1v) is 5.85. The van der Waals surface area contributed by atoms with Crippen LogP contribution in [-0.4, -0.2) is 44.8 Å². The van der Waals surface area contributed by atoms with E-state index in [1.807, 2.05) is 24.3 Å². The van der Waals surface area contributed by atoms with Gasteiger partial charge in [0.25, 0.3) is 0 Å². The van der Waals surface area contributed by atoms with Gasteiger partial charge in [0.1, 0.15) is 6.10 Å². The SMILES string of the molecule is O=C(O)N1Cc2ccccc2CC1[C@@H](O)C[N+](=O)[O-]. The van der Waals surface area contributed by atoms with Crippen LogP contribution >= 0.6 is 0 Å². The molecule has 1 amide bonds. The quantitative estimate of drug-likeness (QED) is 0.620. The summed E-state index contributed by atoms with van der Waals surface area (Å²) in [7, 11) is 0. The largest absolute Gasteiger partial charge is 0.465 e. The van der Waals surface area contributed by atoms with E-state index in [0.717, 1.165) is 16.0 Å². The third-order valence-electron chi connectivity index (χ3n) is 3.31. The Kier molecular flexibility index (Phi) is 3.66. The standard InChI is InChI=1S/C12H14N2O5/c15-11(7-14(18)19)10-5-8-3-1-2-4-9(8)6-13(10)12(16)17/h1-4,10-11,15H,5-7H2,(H,16,17)/t10?,11-/m0/s1. The van der Waals surface area contributed by atoms with E-state index in [1.165, 1.54) is 0 Å². The molecule has 1 aromatic rings. The van der Waals surface area contributed by atoms with Crippen LogP contribution < -0.4 is 0 Å². The second-order valence-corrected chi connectivity index (χ2v) is 4.53. The molecule has 1 aliphatic rings. The predicted molar refractivity (Wildman–Crippen MR) is 65.4 cm³/mol. The van der Waals surface area contributed by atoms with Crippen LogP contribution in [0.15, 0.2) is 24.3 Å². The van der Waals surface area contributed by atoms with E-state index in [4.69, 9.17) is 5.11 Å². The van der Waals surface area contributed by atoms with Crippen molar-refractivity contribution >= 4 is 6.09 Å². The van der Waals surface area contributed by atoms with Gasteiger partial charge in [-0.05, 0) is 17.5 Å². The van der Waals surface area contributed by atoms with Gasteiger partial charge in [0, 0.05) is 11.5 Å². The van der Waals surface area contributed by atoms with Crippen LogP contribution in [0.5, 0.6) is 0 Å². The number of aliphatic hydroxyl groups is 1. The van der Waals surface area contributed by atoms with Crippen LogP contribution in [0.2, 0.25) is 0 Å². The Labute approximate surface area is 109 Å². The molecule has 0 bridgehead atoms. The molecule has 1 aliphatic heterocycles. The summed E-state index contributed by atoms with van der Waals surface area (Å²) in [6.07, 6.45) is -2.20. The minimum absolute atomic E-state index is 0.144. The van der Waals surface area contributed by atoms with Crippen molar-refractivity contribution in [3.63, 3.8) is 0 Å². The average Bonchev–Trinajstić information content (AvgIpc) is 2.36. The van der Waals surface area contributed by atoms with Crippen molar-refractivity contribution in [2.75, 3.05) is 6.54 Å². The molecule has 19 heavy (non-hydrogen) atoms. The van der Waals surface area contributed by atoms with Crippen LogP contribution in [0.25, 0.3) is 0 Å². The molecule has 102 valence electrons. The monoisotopic (exact) mass is 266 g/mol. The third-order valence-corrected chi connectivity index (χ3v) is 3.31. The summed E-state index contributed by atoms with van der Waals surface area (Å²) in [5.74, 6) is 0. The van der Waals surface area contributed by atoms with E-state index in [-0.39, 0.29) is 13.0 Å². The summed E-state index contributed by atoms with van der Waals surface area (Å²) in [6, 6.07) is 6.53. The molecule has 0 aliphatic carbocycles. The van der Waals surface area contributed by atoms with Gasteiger partial charge in [-0.25, -0.2) is 4.79 Å². The highest BCUT2D eigenvalue weighted by Crippen LogP contribution is 2.25. The maximum absolute atomic E-state index is 11.2. The first-order valence-electron chi connectivity index (χ1n) is 5.85. The van der Waals surface area contributed by atoms with E-state index in [2.05, 4.69) is 0 Å². The molecule has 1 aromatic carbocycles. The molecule has 1 unspecified atom stereocenters. The third kappa shape index (κ3) is 2.82. The topological polar surface area (TPSA) is 104 Å². The van der Waals surface area contributed by atoms with E-state index in [9.17, 15) is 20.0 Å². The molecule has 7 heteroatoms. The highest BCUT2D eigenvalue weighted by molar-refractivity contribution is 5.66. The Bertz CT molecular complexity index is 505. The molecule has 7 nitrogen and oxygen atoms in total. The van der Waals surface area contributed by atoms with Crippen molar-refractivity contribution in [1.82, 2.24) is 4.90 Å². The van der Waals surface area contributed by atoms with Gasteiger partial charge in [-0.2, -0.15) is 0 Å². The first-order chi connectivity index (χ1) is 8.99. The van der Waals surface area contributed by atoms with Gasteiger partial charge in [-0.3, -0.25) is 15.0 Å². The number of carbonyl (C=O) groups is 1. The Morgan fingerprint density at radius 1 is 1.47 bits per heavy atom. The number of fused-ring (bicyclic) bond motifs is 1. The Morgan fingerprint density at radius 3 is 2.68 bits per heavy atom. The number of rotatable bonds is 3. The number of benzene rings is 1. The lowest BCUT2D eigenvalue weighted by Crippen LogP contribution is -2.51. The molecule has 0 saturated heterocycles. The summed E-state index contributed by atoms with van der Waals surface area (Å²) >= 11 is 0. The van der Waals surface area contributed by atoms with Crippen LogP contribution in [0.4, 0.5) is 4.79 Å². The fourth-order valence-electron chi connectivity index (χ4n) is 2.37. The van der Waals surface area contributed by atoms with E-state index < -0.39 is 29.7 Å². The highest BCUT2D eigenvalue weighted by atomic mass is 16.6. The van der Waals surface area contributed by atoms with Crippen molar-refractivity contribution < 1.29 is 19.9 Å². The summed E-state index contributed by atoms with van der Waals surface area (Å²) in [4.78, 5) is 22.1. The zero-order valence-corrected chi connectivity index (χ0v) is 10.1. The molecular formula is C12H14N2O5. The molecule has 2 atom stereocenters. The van der Waals surface area contributed by atoms with Crippen molar-refractivity contribution in [2.45, 2.75) is 25.1 Å². The van der Waals surface area contributed by atoms with Crippen LogP contribution in [-0.2, 0) is 13.0 Å². The van der Waals surface area contributed by atoms with E-state index in [0.29, 0.717) is 0 Å². The van der Waals surface area contributed by atoms with Gasteiger partial charge in [0.05, 0.1) is 6.04 Å². The molecule has 0 saturated carbocycles. The van der Waals surface area contributed by atoms with Crippen molar-refractivity contribution in [3.8, 4) is 0 Å². The average molecular weight is 266 g/mol. The fraction of sp³-hybridized carbons (Fsp3) is 0.417. The molecule has 2 rings (SSSR count). The zero-order chi connectivity index (χ0) is 14.0. The van der Waals surface area contributed by atoms with Crippen LogP contribution in [0, 0.1) is 10.1 Å². The molecule has 0 aromatic heterocycles.